The molecule has 5 nitrogen and oxygen atoms in total. The van der Waals surface area contributed by atoms with E-state index in [0.717, 1.165) is 16.3 Å². The Labute approximate surface area is 184 Å². The third kappa shape index (κ3) is 4.70. The molecule has 158 valence electrons. The molecule has 0 heterocycles. The standard InChI is InChI=1S/C26H20FN3O2/c1-17(29-30-26(32)24-11-5-7-19-6-2-3-10-23(19)24)18-12-14-22(15-13-18)28-25(31)20-8-4-9-21(27)16-20/h2-16H,1H3,(H,28,31)(H,30,32). The van der Waals surface area contributed by atoms with Crippen molar-refractivity contribution in [2.45, 2.75) is 6.92 Å². The highest BCUT2D eigenvalue weighted by molar-refractivity contribution is 6.08. The van der Waals surface area contributed by atoms with Gasteiger partial charge in [0.2, 0.25) is 0 Å². The van der Waals surface area contributed by atoms with E-state index < -0.39 is 11.7 Å². The molecule has 32 heavy (non-hydrogen) atoms. The fourth-order valence-corrected chi connectivity index (χ4v) is 3.31. The van der Waals surface area contributed by atoms with Crippen LogP contribution in [0, 0.1) is 5.82 Å². The summed E-state index contributed by atoms with van der Waals surface area (Å²) in [6.07, 6.45) is 0. The van der Waals surface area contributed by atoms with Gasteiger partial charge in [0.25, 0.3) is 11.8 Å². The van der Waals surface area contributed by atoms with Crippen molar-refractivity contribution in [3.63, 3.8) is 0 Å². The van der Waals surface area contributed by atoms with Crippen LogP contribution in [-0.2, 0) is 0 Å². The molecule has 4 aromatic rings. The van der Waals surface area contributed by atoms with Crippen LogP contribution in [0.25, 0.3) is 10.8 Å². The molecule has 2 N–H and O–H groups in total. The number of fused-ring (bicyclic) bond motifs is 1. The molecule has 4 rings (SSSR count). The first kappa shape index (κ1) is 20.9. The van der Waals surface area contributed by atoms with Crippen molar-refractivity contribution in [1.82, 2.24) is 5.43 Å². The largest absolute Gasteiger partial charge is 0.322 e. The minimum atomic E-state index is -0.467. The lowest BCUT2D eigenvalue weighted by atomic mass is 10.0. The maximum atomic E-state index is 13.3. The molecule has 2 amide bonds. The highest BCUT2D eigenvalue weighted by Gasteiger charge is 2.10. The van der Waals surface area contributed by atoms with Gasteiger partial charge in [-0.1, -0.05) is 54.6 Å². The third-order valence-corrected chi connectivity index (χ3v) is 5.01. The Morgan fingerprint density at radius 3 is 2.28 bits per heavy atom. The predicted molar refractivity (Wildman–Crippen MR) is 124 cm³/mol. The summed E-state index contributed by atoms with van der Waals surface area (Å²) in [5.41, 5.74) is 5.36. The first-order valence-corrected chi connectivity index (χ1v) is 10.0. The zero-order chi connectivity index (χ0) is 22.5. The van der Waals surface area contributed by atoms with E-state index in [9.17, 15) is 14.0 Å². The normalized spacial score (nSPS) is 11.2. The van der Waals surface area contributed by atoms with E-state index in [1.807, 2.05) is 36.4 Å². The molecule has 0 aliphatic rings. The molecular weight excluding hydrogens is 405 g/mol. The molecule has 0 radical (unpaired) electrons. The third-order valence-electron chi connectivity index (χ3n) is 5.01. The topological polar surface area (TPSA) is 70.6 Å². The number of carbonyl (C=O) groups excluding carboxylic acids is 2. The number of carbonyl (C=O) groups is 2. The van der Waals surface area contributed by atoms with Crippen LogP contribution in [0.1, 0.15) is 33.2 Å². The highest BCUT2D eigenvalue weighted by atomic mass is 19.1. The quantitative estimate of drug-likeness (QED) is 0.333. The van der Waals surface area contributed by atoms with Gasteiger partial charge in [-0.3, -0.25) is 9.59 Å². The summed E-state index contributed by atoms with van der Waals surface area (Å²) in [6, 6.07) is 25.7. The number of nitrogens with zero attached hydrogens (tertiary/aromatic N) is 1. The summed E-state index contributed by atoms with van der Waals surface area (Å²) in [6.45, 7) is 1.78. The van der Waals surface area contributed by atoms with E-state index in [-0.39, 0.29) is 11.5 Å². The van der Waals surface area contributed by atoms with Gasteiger partial charge in [-0.15, -0.1) is 0 Å². The molecule has 0 aromatic heterocycles. The molecule has 0 aliphatic heterocycles. The van der Waals surface area contributed by atoms with Crippen LogP contribution in [0.2, 0.25) is 0 Å². The maximum absolute atomic E-state index is 13.3. The molecular formula is C26H20FN3O2. The molecule has 0 fully saturated rings. The van der Waals surface area contributed by atoms with E-state index in [0.29, 0.717) is 17.0 Å². The zero-order valence-electron chi connectivity index (χ0n) is 17.3. The van der Waals surface area contributed by atoms with E-state index in [1.165, 1.54) is 18.2 Å². The van der Waals surface area contributed by atoms with Gasteiger partial charge < -0.3 is 5.32 Å². The summed E-state index contributed by atoms with van der Waals surface area (Å²) in [5.74, 6) is -1.16. The van der Waals surface area contributed by atoms with Gasteiger partial charge in [-0.25, -0.2) is 9.82 Å². The Morgan fingerprint density at radius 2 is 1.50 bits per heavy atom. The summed E-state index contributed by atoms with van der Waals surface area (Å²) >= 11 is 0. The number of nitrogens with one attached hydrogen (secondary N) is 2. The van der Waals surface area contributed by atoms with E-state index in [1.54, 1.807) is 43.3 Å². The number of hydrazone groups is 1. The van der Waals surface area contributed by atoms with Gasteiger partial charge in [-0.05, 0) is 59.7 Å². The van der Waals surface area contributed by atoms with Crippen LogP contribution >= 0.6 is 0 Å². The Hall–Kier alpha value is -4.32. The number of amides is 2. The van der Waals surface area contributed by atoms with Crippen molar-refractivity contribution in [1.29, 1.82) is 0 Å². The van der Waals surface area contributed by atoms with E-state index >= 15 is 0 Å². The van der Waals surface area contributed by atoms with Gasteiger partial charge >= 0.3 is 0 Å². The lowest BCUT2D eigenvalue weighted by Gasteiger charge is -2.08. The Bertz CT molecular complexity index is 1330. The van der Waals surface area contributed by atoms with Gasteiger partial charge in [0, 0.05) is 16.8 Å². The SMILES string of the molecule is CC(=NNC(=O)c1cccc2ccccc12)c1ccc(NC(=O)c2cccc(F)c2)cc1. The van der Waals surface area contributed by atoms with Crippen LogP contribution < -0.4 is 10.7 Å². The summed E-state index contributed by atoms with van der Waals surface area (Å²) in [4.78, 5) is 24.9. The molecule has 0 aliphatic carbocycles. The first-order valence-electron chi connectivity index (χ1n) is 10.0. The average Bonchev–Trinajstić information content (AvgIpc) is 2.82. The monoisotopic (exact) mass is 425 g/mol. The van der Waals surface area contributed by atoms with Gasteiger partial charge in [0.1, 0.15) is 5.82 Å². The minimum Gasteiger partial charge on any atom is -0.322 e. The van der Waals surface area contributed by atoms with Crippen molar-refractivity contribution in [2.24, 2.45) is 5.10 Å². The summed E-state index contributed by atoms with van der Waals surface area (Å²) in [5, 5.41) is 8.78. The molecule has 0 bridgehead atoms. The Kier molecular flexibility index (Phi) is 6.03. The molecule has 0 spiro atoms. The van der Waals surface area contributed by atoms with Crippen molar-refractivity contribution in [3.8, 4) is 0 Å². The van der Waals surface area contributed by atoms with Crippen LogP contribution in [0.3, 0.4) is 0 Å². The van der Waals surface area contributed by atoms with Crippen molar-refractivity contribution in [2.75, 3.05) is 5.32 Å². The molecule has 0 saturated carbocycles. The second kappa shape index (κ2) is 9.22. The highest BCUT2D eigenvalue weighted by Crippen LogP contribution is 2.18. The van der Waals surface area contributed by atoms with E-state index in [2.05, 4.69) is 15.8 Å². The van der Waals surface area contributed by atoms with Gasteiger partial charge in [-0.2, -0.15) is 5.10 Å². The predicted octanol–water partition coefficient (Wildman–Crippen LogP) is 5.39. The van der Waals surface area contributed by atoms with Crippen molar-refractivity contribution in [3.05, 3.63) is 114 Å². The minimum absolute atomic E-state index is 0.239. The van der Waals surface area contributed by atoms with Crippen molar-refractivity contribution >= 4 is 34.0 Å². The van der Waals surface area contributed by atoms with Crippen LogP contribution in [-0.4, -0.2) is 17.5 Å². The van der Waals surface area contributed by atoms with Crippen molar-refractivity contribution < 1.29 is 14.0 Å². The van der Waals surface area contributed by atoms with Gasteiger partial charge in [0.05, 0.1) is 5.71 Å². The number of hydrogen-bond donors (Lipinski definition) is 2. The fraction of sp³-hybridized carbons (Fsp3) is 0.0385. The summed E-state index contributed by atoms with van der Waals surface area (Å²) < 4.78 is 13.3. The molecule has 6 heteroatoms. The number of hydrogen-bond acceptors (Lipinski definition) is 3. The second-order valence-electron chi connectivity index (χ2n) is 7.21. The zero-order valence-corrected chi connectivity index (χ0v) is 17.3. The lowest BCUT2D eigenvalue weighted by Crippen LogP contribution is -2.19. The van der Waals surface area contributed by atoms with Crippen LogP contribution in [0.15, 0.2) is 96.1 Å². The van der Waals surface area contributed by atoms with Gasteiger partial charge in [0.15, 0.2) is 0 Å². The first-order chi connectivity index (χ1) is 15.5. The summed E-state index contributed by atoms with van der Waals surface area (Å²) in [7, 11) is 0. The lowest BCUT2D eigenvalue weighted by molar-refractivity contribution is 0.0955. The molecule has 4 aromatic carbocycles. The molecule has 0 unspecified atom stereocenters. The number of benzene rings is 4. The Morgan fingerprint density at radius 1 is 0.781 bits per heavy atom. The molecule has 0 saturated heterocycles. The van der Waals surface area contributed by atoms with Crippen LogP contribution in [0.5, 0.6) is 0 Å². The molecule has 0 atom stereocenters. The number of halogens is 1. The number of anilines is 1. The average molecular weight is 425 g/mol. The number of rotatable bonds is 5. The fourth-order valence-electron chi connectivity index (χ4n) is 3.31. The smallest absolute Gasteiger partial charge is 0.272 e. The second-order valence-corrected chi connectivity index (χ2v) is 7.21. The maximum Gasteiger partial charge on any atom is 0.272 e. The Balaban J connectivity index is 1.43. The van der Waals surface area contributed by atoms with Crippen LogP contribution in [0.4, 0.5) is 10.1 Å². The van der Waals surface area contributed by atoms with E-state index in [4.69, 9.17) is 0 Å².